The highest BCUT2D eigenvalue weighted by Gasteiger charge is 1.76. The van der Waals surface area contributed by atoms with Crippen molar-refractivity contribution in [1.82, 2.24) is 39.6 Å². The molecule has 4 aliphatic heterocycles. The zero-order valence-electron chi connectivity index (χ0n) is 28.0. The molecule has 0 atom stereocenters. The highest BCUT2D eigenvalue weighted by Crippen LogP contribution is 1.87. The first kappa shape index (κ1) is 42.9. The molecule has 0 aromatic carbocycles. The number of hydrogen-bond donors (Lipinski definition) is 0. The minimum atomic E-state index is 0.778. The van der Waals surface area contributed by atoms with Crippen LogP contribution in [0, 0.1) is 0 Å². The van der Waals surface area contributed by atoms with Gasteiger partial charge in [-0.05, 0) is 54.0 Å². The molecule has 6 aromatic heterocycles. The highest BCUT2D eigenvalue weighted by atomic mass is 32.1. The number of allylic oxidation sites excluding steroid dienone is 2. The molecule has 0 unspecified atom stereocenters. The first-order chi connectivity index (χ1) is 26.0. The lowest BCUT2D eigenvalue weighted by Crippen LogP contribution is -1.66. The lowest BCUT2D eigenvalue weighted by Gasteiger charge is -1.70. The van der Waals surface area contributed by atoms with E-state index in [0.717, 1.165) is 25.9 Å². The van der Waals surface area contributed by atoms with Gasteiger partial charge in [0.2, 0.25) is 6.39 Å². The van der Waals surface area contributed by atoms with Crippen molar-refractivity contribution in [2.45, 2.75) is 12.8 Å². The Bertz CT molecular complexity index is 1290. The maximum atomic E-state index is 4.47. The Kier molecular flexibility index (Phi) is 33.1. The third kappa shape index (κ3) is 37.4. The summed E-state index contributed by atoms with van der Waals surface area (Å²) in [5, 5.41) is 22.7. The van der Waals surface area contributed by atoms with Crippen LogP contribution in [0.3, 0.4) is 0 Å². The van der Waals surface area contributed by atoms with Crippen LogP contribution in [0.2, 0.25) is 0 Å². The van der Waals surface area contributed by atoms with Crippen molar-refractivity contribution in [1.29, 1.82) is 0 Å². The average molecular weight is 723 g/mol. The number of rotatable bonds is 0. The van der Waals surface area contributed by atoms with Gasteiger partial charge in [0.05, 0.1) is 25.5 Å². The molecule has 0 saturated carbocycles. The maximum Gasteiger partial charge on any atom is 0.213 e. The number of nitrogens with zero attached hydrogens (tertiary/aromatic N) is 14. The molecule has 4 aliphatic rings. The van der Waals surface area contributed by atoms with E-state index in [1.54, 1.807) is 86.6 Å². The van der Waals surface area contributed by atoms with Gasteiger partial charge < -0.3 is 13.5 Å². The normalized spacial score (nSPS) is 11.7. The van der Waals surface area contributed by atoms with E-state index in [4.69, 9.17) is 0 Å². The van der Waals surface area contributed by atoms with Gasteiger partial charge in [0.1, 0.15) is 18.9 Å². The molecule has 17 nitrogen and oxygen atoms in total. The summed E-state index contributed by atoms with van der Waals surface area (Å²) in [5.74, 6) is 0. The molecule has 6 aromatic rings. The molecule has 0 radical (unpaired) electrons. The molecule has 0 amide bonds. The van der Waals surface area contributed by atoms with Crippen LogP contribution < -0.4 is 0 Å². The van der Waals surface area contributed by atoms with Crippen molar-refractivity contribution < 1.29 is 13.5 Å². The molecule has 0 fully saturated rings. The lowest BCUT2D eigenvalue weighted by atomic mass is 10.5. The first-order valence-electron chi connectivity index (χ1n) is 15.1. The van der Waals surface area contributed by atoms with Gasteiger partial charge in [0.25, 0.3) is 0 Å². The molecule has 0 bridgehead atoms. The summed E-state index contributed by atoms with van der Waals surface area (Å²) in [7, 11) is 0. The largest absolute Gasteiger partial charge is 0.452 e. The van der Waals surface area contributed by atoms with Gasteiger partial charge in [-0.2, -0.15) is 20.4 Å². The number of oxazole rings is 1. The Morgan fingerprint density at radius 3 is 1.62 bits per heavy atom. The van der Waals surface area contributed by atoms with E-state index in [2.05, 4.69) is 83.5 Å². The van der Waals surface area contributed by atoms with Crippen LogP contribution in [-0.2, 0) is 0 Å². The van der Waals surface area contributed by atoms with E-state index in [1.165, 1.54) is 49.5 Å². The first-order valence-corrected chi connectivity index (χ1v) is 16.0. The van der Waals surface area contributed by atoms with Crippen LogP contribution in [0.25, 0.3) is 0 Å². The molecule has 10 rings (SSSR count). The number of azo groups is 1. The van der Waals surface area contributed by atoms with Gasteiger partial charge in [-0.1, -0.05) is 28.5 Å². The summed E-state index contributed by atoms with van der Waals surface area (Å²) >= 11 is 1.46. The van der Waals surface area contributed by atoms with E-state index in [-0.39, 0.29) is 0 Å². The number of hydrogen-bond acceptors (Lipinski definition) is 18. The molecule has 0 N–H and O–H groups in total. The third-order valence-corrected chi connectivity index (χ3v) is 4.85. The van der Waals surface area contributed by atoms with E-state index in [9.17, 15) is 0 Å². The van der Waals surface area contributed by atoms with Crippen molar-refractivity contribution in [3.63, 3.8) is 0 Å². The number of aliphatic imine (C=N–C) groups is 2. The van der Waals surface area contributed by atoms with Crippen molar-refractivity contribution in [2.75, 3.05) is 13.1 Å². The van der Waals surface area contributed by atoms with Crippen molar-refractivity contribution >= 4 is 36.4 Å². The summed E-state index contributed by atoms with van der Waals surface area (Å²) in [4.78, 5) is 25.8. The molecule has 10 heterocycles. The van der Waals surface area contributed by atoms with Crippen LogP contribution in [0.15, 0.2) is 204 Å². The predicted octanol–water partition coefficient (Wildman–Crippen LogP) is 7.13. The SMILES string of the molecule is C1=CCN=C1.C1=CN=CC1.C1=CN=NC1.C1=NN=CC1.c1ccncc1.c1cncnc1.c1cnoc1.c1cnsc1.c1cocn1.c1ncon1. The molecule has 0 spiro atoms. The van der Waals surface area contributed by atoms with Crippen molar-refractivity contribution in [2.24, 2.45) is 30.4 Å². The topological polar surface area (TPSA) is 217 Å². The van der Waals surface area contributed by atoms with Crippen LogP contribution in [0.1, 0.15) is 12.8 Å². The van der Waals surface area contributed by atoms with Crippen molar-refractivity contribution in [3.05, 3.63) is 160 Å². The van der Waals surface area contributed by atoms with E-state index in [0.29, 0.717) is 0 Å². The van der Waals surface area contributed by atoms with Crippen LogP contribution in [-0.4, -0.2) is 77.6 Å². The summed E-state index contributed by atoms with van der Waals surface area (Å²) in [6, 6.07) is 11.1. The Balaban J connectivity index is 0.000000289. The Hall–Kier alpha value is -7.08. The third-order valence-electron chi connectivity index (χ3n) is 4.33. The highest BCUT2D eigenvalue weighted by molar-refractivity contribution is 7.03. The lowest BCUT2D eigenvalue weighted by molar-refractivity contribution is 0.416. The second-order valence-electron chi connectivity index (χ2n) is 8.11. The van der Waals surface area contributed by atoms with Crippen LogP contribution in [0.4, 0.5) is 0 Å². The molecule has 52 heavy (non-hydrogen) atoms. The Morgan fingerprint density at radius 1 is 0.558 bits per heavy atom. The molecular formula is C34H38N14O3S. The summed E-state index contributed by atoms with van der Waals surface area (Å²) in [6.45, 7) is 1.67. The summed E-state index contributed by atoms with van der Waals surface area (Å²) in [6.07, 6.45) is 40.8. The van der Waals surface area contributed by atoms with Crippen molar-refractivity contribution in [3.8, 4) is 0 Å². The zero-order valence-corrected chi connectivity index (χ0v) is 28.9. The van der Waals surface area contributed by atoms with Gasteiger partial charge in [0.15, 0.2) is 12.7 Å². The molecule has 0 saturated heterocycles. The van der Waals surface area contributed by atoms with Crippen LogP contribution >= 0.6 is 11.5 Å². The summed E-state index contributed by atoms with van der Waals surface area (Å²) < 4.78 is 16.8. The van der Waals surface area contributed by atoms with E-state index >= 15 is 0 Å². The Labute approximate surface area is 305 Å². The Morgan fingerprint density at radius 2 is 1.42 bits per heavy atom. The number of pyridine rings is 1. The quantitative estimate of drug-likeness (QED) is 0.153. The van der Waals surface area contributed by atoms with Gasteiger partial charge >= 0.3 is 0 Å². The predicted molar refractivity (Wildman–Crippen MR) is 201 cm³/mol. The smallest absolute Gasteiger partial charge is 0.213 e. The fraction of sp³-hybridized carbons (Fsp3) is 0.118. The van der Waals surface area contributed by atoms with Gasteiger partial charge in [0, 0.05) is 86.5 Å². The molecule has 268 valence electrons. The molecule has 18 heteroatoms. The summed E-state index contributed by atoms with van der Waals surface area (Å²) in [5.41, 5.74) is 0. The van der Waals surface area contributed by atoms with E-state index < -0.39 is 0 Å². The zero-order chi connectivity index (χ0) is 36.8. The van der Waals surface area contributed by atoms with Gasteiger partial charge in [-0.3, -0.25) is 15.0 Å². The van der Waals surface area contributed by atoms with Gasteiger partial charge in [-0.15, -0.1) is 0 Å². The monoisotopic (exact) mass is 722 g/mol. The molecule has 0 aliphatic carbocycles. The fourth-order valence-electron chi connectivity index (χ4n) is 2.31. The minimum absolute atomic E-state index is 0.778. The fourth-order valence-corrected chi connectivity index (χ4v) is 2.66. The standard InChI is InChI=1S/C5H5N.C4H4N2.2C4H5N.2C3H4N2.2C3H3NO.C3H3NS.C2H2N2O/c1-2-4-6-5-3-1;1-2-5-4-6-3-1;4*1-2-4-5-3-1;1-2-5-3-4-1;2*1-2-4-5-3-1;1-3-2-5-4-1/h1-5H;1-4H;1,3-4H,2H2;1-3H,4H2;2-3H,1H2;1-2H,3H2;3*1-3H;1-2H. The van der Waals surface area contributed by atoms with Crippen LogP contribution in [0.5, 0.6) is 0 Å². The average Bonchev–Trinajstić information content (AvgIpc) is 4.10. The molecular weight excluding hydrogens is 685 g/mol. The van der Waals surface area contributed by atoms with E-state index in [1.807, 2.05) is 60.2 Å². The second-order valence-corrected chi connectivity index (χ2v) is 8.81. The maximum absolute atomic E-state index is 4.47. The second kappa shape index (κ2) is 40.1. The number of aromatic nitrogens is 8. The van der Waals surface area contributed by atoms with Gasteiger partial charge in [-0.25, -0.2) is 24.3 Å². The minimum Gasteiger partial charge on any atom is -0.452 e.